The van der Waals surface area contributed by atoms with Crippen LogP contribution in [0.15, 0.2) is 51.8 Å². The summed E-state index contributed by atoms with van der Waals surface area (Å²) in [6, 6.07) is 9.85. The molecule has 2 aromatic rings. The number of carbonyl (C=O) groups is 1. The average Bonchev–Trinajstić information content (AvgIpc) is 2.51. The Morgan fingerprint density at radius 1 is 1.12 bits per heavy atom. The lowest BCUT2D eigenvalue weighted by Crippen LogP contribution is -2.41. The van der Waals surface area contributed by atoms with Crippen LogP contribution in [0.5, 0.6) is 0 Å². The minimum absolute atomic E-state index is 0.0612. The third kappa shape index (κ3) is 4.70. The number of carbonyl (C=O) groups excluding carboxylic acids is 1. The number of rotatable bonds is 5. The molecule has 128 valence electrons. The minimum atomic E-state index is -3.82. The van der Waals surface area contributed by atoms with Crippen LogP contribution in [0.2, 0.25) is 10.0 Å². The van der Waals surface area contributed by atoms with E-state index in [0.717, 1.165) is 4.47 Å². The second kappa shape index (κ2) is 7.84. The summed E-state index contributed by atoms with van der Waals surface area (Å²) in [7, 11) is -3.82. The Kier molecular flexibility index (Phi) is 6.28. The van der Waals surface area contributed by atoms with Crippen molar-refractivity contribution in [3.63, 3.8) is 0 Å². The van der Waals surface area contributed by atoms with Gasteiger partial charge in [-0.25, -0.2) is 8.42 Å². The lowest BCUT2D eigenvalue weighted by molar-refractivity contribution is -0.117. The molecule has 2 rings (SSSR count). The van der Waals surface area contributed by atoms with Crippen molar-refractivity contribution in [1.82, 2.24) is 4.72 Å². The third-order valence-corrected chi connectivity index (χ3v) is 5.96. The van der Waals surface area contributed by atoms with Gasteiger partial charge in [0.25, 0.3) is 0 Å². The van der Waals surface area contributed by atoms with Gasteiger partial charge in [-0.1, -0.05) is 45.2 Å². The average molecular weight is 452 g/mol. The van der Waals surface area contributed by atoms with Crippen LogP contribution in [0.1, 0.15) is 6.92 Å². The number of nitrogens with one attached hydrogen (secondary N) is 2. The van der Waals surface area contributed by atoms with Crippen LogP contribution >= 0.6 is 39.1 Å². The Hall–Kier alpha value is -1.12. The standard InChI is InChI=1S/C15H13BrCl2N2O3S/c1-9(15(21)19-13-4-2-3-12(17)14(13)18)20-24(22,23)11-7-5-10(16)6-8-11/h2-9,20H,1H3,(H,19,21)/t9-/m0/s1. The first kappa shape index (κ1) is 19.2. The molecular weight excluding hydrogens is 439 g/mol. The zero-order valence-electron chi connectivity index (χ0n) is 12.4. The molecular formula is C15H13BrCl2N2O3S. The maximum Gasteiger partial charge on any atom is 0.242 e. The van der Waals surface area contributed by atoms with Crippen LogP contribution in [0.3, 0.4) is 0 Å². The minimum Gasteiger partial charge on any atom is -0.323 e. The van der Waals surface area contributed by atoms with Crippen LogP contribution in [0, 0.1) is 0 Å². The molecule has 0 unspecified atom stereocenters. The van der Waals surface area contributed by atoms with E-state index in [1.54, 1.807) is 30.3 Å². The van der Waals surface area contributed by atoms with E-state index in [-0.39, 0.29) is 14.9 Å². The van der Waals surface area contributed by atoms with Gasteiger partial charge in [0.1, 0.15) is 0 Å². The zero-order chi connectivity index (χ0) is 17.9. The van der Waals surface area contributed by atoms with Gasteiger partial charge in [0.05, 0.1) is 26.7 Å². The van der Waals surface area contributed by atoms with E-state index in [2.05, 4.69) is 26.0 Å². The summed E-state index contributed by atoms with van der Waals surface area (Å²) in [6.07, 6.45) is 0. The Bertz CT molecular complexity index is 858. The molecule has 0 saturated carbocycles. The maximum absolute atomic E-state index is 12.3. The Labute approximate surface area is 158 Å². The SMILES string of the molecule is C[C@H](NS(=O)(=O)c1ccc(Br)cc1)C(=O)Nc1cccc(Cl)c1Cl. The topological polar surface area (TPSA) is 75.3 Å². The predicted molar refractivity (Wildman–Crippen MR) is 99.0 cm³/mol. The molecule has 1 amide bonds. The Balaban J connectivity index is 2.11. The molecule has 0 saturated heterocycles. The summed E-state index contributed by atoms with van der Waals surface area (Å²) in [5, 5.41) is 3.02. The summed E-state index contributed by atoms with van der Waals surface area (Å²) in [4.78, 5) is 12.3. The van der Waals surface area contributed by atoms with E-state index in [1.165, 1.54) is 19.1 Å². The summed E-state index contributed by atoms with van der Waals surface area (Å²) in [6.45, 7) is 1.43. The molecule has 1 atom stereocenters. The van der Waals surface area contributed by atoms with E-state index in [9.17, 15) is 13.2 Å². The molecule has 0 heterocycles. The van der Waals surface area contributed by atoms with E-state index in [0.29, 0.717) is 5.69 Å². The molecule has 0 bridgehead atoms. The van der Waals surface area contributed by atoms with Crippen LogP contribution in [-0.2, 0) is 14.8 Å². The van der Waals surface area contributed by atoms with Crippen molar-refractivity contribution >= 4 is 60.7 Å². The van der Waals surface area contributed by atoms with Crippen LogP contribution < -0.4 is 10.0 Å². The molecule has 0 aliphatic heterocycles. The molecule has 9 heteroatoms. The van der Waals surface area contributed by atoms with Crippen molar-refractivity contribution in [1.29, 1.82) is 0 Å². The molecule has 0 aromatic heterocycles. The number of hydrogen-bond donors (Lipinski definition) is 2. The number of anilines is 1. The molecule has 2 aromatic carbocycles. The smallest absolute Gasteiger partial charge is 0.242 e. The highest BCUT2D eigenvalue weighted by Crippen LogP contribution is 2.29. The van der Waals surface area contributed by atoms with Gasteiger partial charge in [-0.05, 0) is 43.3 Å². The van der Waals surface area contributed by atoms with Crippen LogP contribution in [-0.4, -0.2) is 20.4 Å². The van der Waals surface area contributed by atoms with Crippen LogP contribution in [0.4, 0.5) is 5.69 Å². The summed E-state index contributed by atoms with van der Waals surface area (Å²) < 4.78 is 27.6. The van der Waals surface area contributed by atoms with Gasteiger partial charge in [-0.2, -0.15) is 4.72 Å². The Morgan fingerprint density at radius 3 is 2.38 bits per heavy atom. The van der Waals surface area contributed by atoms with Crippen LogP contribution in [0.25, 0.3) is 0 Å². The van der Waals surface area contributed by atoms with E-state index >= 15 is 0 Å². The first-order valence-corrected chi connectivity index (χ1v) is 9.76. The highest BCUT2D eigenvalue weighted by molar-refractivity contribution is 9.10. The van der Waals surface area contributed by atoms with Gasteiger partial charge in [-0.15, -0.1) is 0 Å². The number of sulfonamides is 1. The van der Waals surface area contributed by atoms with Crippen molar-refractivity contribution in [3.05, 3.63) is 57.0 Å². The summed E-state index contributed by atoms with van der Waals surface area (Å²) >= 11 is 15.1. The van der Waals surface area contributed by atoms with Gasteiger partial charge in [-0.3, -0.25) is 4.79 Å². The fraction of sp³-hybridized carbons (Fsp3) is 0.133. The fourth-order valence-electron chi connectivity index (χ4n) is 1.81. The lowest BCUT2D eigenvalue weighted by atomic mass is 10.3. The quantitative estimate of drug-likeness (QED) is 0.719. The van der Waals surface area contributed by atoms with Gasteiger partial charge in [0, 0.05) is 4.47 Å². The highest BCUT2D eigenvalue weighted by Gasteiger charge is 2.22. The van der Waals surface area contributed by atoms with Crippen molar-refractivity contribution in [2.45, 2.75) is 17.9 Å². The summed E-state index contributed by atoms with van der Waals surface area (Å²) in [5.74, 6) is -0.556. The molecule has 0 aliphatic carbocycles. The van der Waals surface area contributed by atoms with Crippen molar-refractivity contribution in [2.24, 2.45) is 0 Å². The van der Waals surface area contributed by atoms with Gasteiger partial charge in [0.2, 0.25) is 15.9 Å². The van der Waals surface area contributed by atoms with Crippen molar-refractivity contribution in [2.75, 3.05) is 5.32 Å². The normalized spacial score (nSPS) is 12.7. The van der Waals surface area contributed by atoms with Gasteiger partial charge < -0.3 is 5.32 Å². The fourth-order valence-corrected chi connectivity index (χ4v) is 3.62. The lowest BCUT2D eigenvalue weighted by Gasteiger charge is -2.15. The van der Waals surface area contributed by atoms with E-state index in [4.69, 9.17) is 23.2 Å². The summed E-state index contributed by atoms with van der Waals surface area (Å²) in [5.41, 5.74) is 0.309. The Morgan fingerprint density at radius 2 is 1.75 bits per heavy atom. The predicted octanol–water partition coefficient (Wildman–Crippen LogP) is 4.06. The number of amides is 1. The molecule has 0 fully saturated rings. The van der Waals surface area contributed by atoms with Crippen molar-refractivity contribution in [3.8, 4) is 0 Å². The number of benzene rings is 2. The van der Waals surface area contributed by atoms with Gasteiger partial charge in [0.15, 0.2) is 0 Å². The first-order valence-electron chi connectivity index (χ1n) is 6.73. The molecule has 0 spiro atoms. The van der Waals surface area contributed by atoms with E-state index < -0.39 is 22.0 Å². The van der Waals surface area contributed by atoms with Gasteiger partial charge >= 0.3 is 0 Å². The molecule has 2 N–H and O–H groups in total. The number of halogens is 3. The largest absolute Gasteiger partial charge is 0.323 e. The zero-order valence-corrected chi connectivity index (χ0v) is 16.3. The molecule has 5 nitrogen and oxygen atoms in total. The monoisotopic (exact) mass is 450 g/mol. The maximum atomic E-state index is 12.3. The number of hydrogen-bond acceptors (Lipinski definition) is 3. The highest BCUT2D eigenvalue weighted by atomic mass is 79.9. The second-order valence-corrected chi connectivity index (χ2v) is 8.30. The molecule has 0 radical (unpaired) electrons. The van der Waals surface area contributed by atoms with Crippen molar-refractivity contribution < 1.29 is 13.2 Å². The molecule has 24 heavy (non-hydrogen) atoms. The first-order chi connectivity index (χ1) is 11.2. The third-order valence-electron chi connectivity index (χ3n) is 3.06. The van der Waals surface area contributed by atoms with E-state index in [1.807, 2.05) is 0 Å². The molecule has 0 aliphatic rings. The second-order valence-electron chi connectivity index (χ2n) is 4.89.